The number of hydrogen-bond donors (Lipinski definition) is 1. The van der Waals surface area contributed by atoms with E-state index in [1.54, 1.807) is 24.0 Å². The van der Waals surface area contributed by atoms with Crippen LogP contribution in [0.15, 0.2) is 51.6 Å². The van der Waals surface area contributed by atoms with Crippen molar-refractivity contribution in [2.45, 2.75) is 32.2 Å². The highest BCUT2D eigenvalue weighted by atomic mass is 35.5. The molecule has 1 fully saturated rings. The van der Waals surface area contributed by atoms with Crippen molar-refractivity contribution in [3.05, 3.63) is 57.2 Å². The Morgan fingerprint density at radius 3 is 2.82 bits per heavy atom. The Morgan fingerprint density at radius 1 is 1.33 bits per heavy atom. The summed E-state index contributed by atoms with van der Waals surface area (Å²) in [6.45, 7) is 2.70. The first-order chi connectivity index (χ1) is 15.8. The van der Waals surface area contributed by atoms with Gasteiger partial charge in [-0.05, 0) is 42.9 Å². The number of hydrogen-bond acceptors (Lipinski definition) is 7. The number of piperidine rings is 1. The van der Waals surface area contributed by atoms with E-state index < -0.39 is 12.0 Å². The number of amides is 2. The number of benzene rings is 1. The molecule has 1 aromatic carbocycles. The number of nitrogens with two attached hydrogens (primary N) is 1. The van der Waals surface area contributed by atoms with Gasteiger partial charge in [0, 0.05) is 23.8 Å². The van der Waals surface area contributed by atoms with Gasteiger partial charge >= 0.3 is 5.97 Å². The molecule has 0 radical (unpaired) electrons. The maximum atomic E-state index is 13.2. The normalized spacial score (nSPS) is 22.5. The molecular weight excluding hydrogens is 464 g/mol. The fourth-order valence-electron chi connectivity index (χ4n) is 4.44. The molecule has 4 rings (SSSR count). The van der Waals surface area contributed by atoms with Crippen LogP contribution in [0.3, 0.4) is 0 Å². The summed E-state index contributed by atoms with van der Waals surface area (Å²) in [4.78, 5) is 45.8. The zero-order valence-electron chi connectivity index (χ0n) is 18.4. The van der Waals surface area contributed by atoms with Gasteiger partial charge in [0.2, 0.25) is 11.8 Å². The number of fused-ring (bicyclic) bond motifs is 1. The maximum Gasteiger partial charge on any atom is 0.338 e. The van der Waals surface area contributed by atoms with E-state index in [-0.39, 0.29) is 24.2 Å². The molecule has 0 aliphatic carbocycles. The first-order valence-electron chi connectivity index (χ1n) is 10.7. The van der Waals surface area contributed by atoms with Crippen LogP contribution in [0.2, 0.25) is 5.02 Å². The molecule has 1 aromatic rings. The summed E-state index contributed by atoms with van der Waals surface area (Å²) in [5, 5.41) is 3.11. The Labute approximate surface area is 201 Å². The van der Waals surface area contributed by atoms with Gasteiger partial charge in [0.05, 0.1) is 36.8 Å². The smallest absolute Gasteiger partial charge is 0.338 e. The molecule has 3 heterocycles. The quantitative estimate of drug-likeness (QED) is 0.638. The van der Waals surface area contributed by atoms with Crippen LogP contribution < -0.4 is 5.73 Å². The van der Waals surface area contributed by atoms with Crippen molar-refractivity contribution in [1.29, 1.82) is 0 Å². The second-order valence-corrected chi connectivity index (χ2v) is 9.47. The van der Waals surface area contributed by atoms with Gasteiger partial charge in [0.1, 0.15) is 0 Å². The van der Waals surface area contributed by atoms with Gasteiger partial charge in [0.25, 0.3) is 0 Å². The van der Waals surface area contributed by atoms with Crippen molar-refractivity contribution in [1.82, 2.24) is 9.80 Å². The largest absolute Gasteiger partial charge is 0.466 e. The van der Waals surface area contributed by atoms with Gasteiger partial charge < -0.3 is 20.3 Å². The van der Waals surface area contributed by atoms with E-state index in [1.807, 2.05) is 22.4 Å². The van der Waals surface area contributed by atoms with E-state index in [4.69, 9.17) is 22.1 Å². The summed E-state index contributed by atoms with van der Waals surface area (Å²) in [5.41, 5.74) is 7.95. The number of aliphatic imine (C=N–C) groups is 1. The predicted molar refractivity (Wildman–Crippen MR) is 127 cm³/mol. The highest BCUT2D eigenvalue weighted by molar-refractivity contribution is 8.16. The minimum Gasteiger partial charge on any atom is -0.466 e. The Kier molecular flexibility index (Phi) is 6.81. The van der Waals surface area contributed by atoms with E-state index in [9.17, 15) is 14.4 Å². The third-order valence-electron chi connectivity index (χ3n) is 6.08. The van der Waals surface area contributed by atoms with E-state index in [0.29, 0.717) is 41.0 Å². The third kappa shape index (κ3) is 4.65. The summed E-state index contributed by atoms with van der Waals surface area (Å²) in [6.07, 6.45) is 1.55. The SMILES string of the molecule is COC(=O)C1=C(C)N=C2SC=C(CC(=O)N3CCCC(C(N)=O)C3)N2C1c1cccc(Cl)c1. The van der Waals surface area contributed by atoms with E-state index in [2.05, 4.69) is 4.99 Å². The van der Waals surface area contributed by atoms with E-state index >= 15 is 0 Å². The second-order valence-electron chi connectivity index (χ2n) is 8.20. The predicted octanol–water partition coefficient (Wildman–Crippen LogP) is 3.20. The first-order valence-corrected chi connectivity index (χ1v) is 11.9. The summed E-state index contributed by atoms with van der Waals surface area (Å²) in [5.74, 6) is -1.27. The van der Waals surface area contributed by atoms with Crippen LogP contribution in [0.4, 0.5) is 0 Å². The molecule has 2 atom stereocenters. The Morgan fingerprint density at radius 2 is 2.12 bits per heavy atom. The topological polar surface area (TPSA) is 105 Å². The Hall–Kier alpha value is -2.78. The summed E-state index contributed by atoms with van der Waals surface area (Å²) >= 11 is 7.67. The molecule has 3 aliphatic heterocycles. The molecule has 0 bridgehead atoms. The number of rotatable bonds is 5. The highest BCUT2D eigenvalue weighted by Gasteiger charge is 2.41. The fourth-order valence-corrected chi connectivity index (χ4v) is 5.60. The molecule has 1 saturated heterocycles. The molecule has 0 saturated carbocycles. The van der Waals surface area contributed by atoms with Crippen LogP contribution in [-0.2, 0) is 19.1 Å². The van der Waals surface area contributed by atoms with Gasteiger partial charge in [0.15, 0.2) is 5.17 Å². The van der Waals surface area contributed by atoms with Gasteiger partial charge in [-0.3, -0.25) is 9.59 Å². The number of thioether (sulfide) groups is 1. The van der Waals surface area contributed by atoms with Crippen LogP contribution in [0.25, 0.3) is 0 Å². The number of likely N-dealkylation sites (tertiary alicyclic amines) is 1. The van der Waals surface area contributed by atoms with Crippen LogP contribution in [0, 0.1) is 5.92 Å². The standard InChI is InChI=1S/C23H25ClN4O4S/c1-13-19(22(31)32-2)20(14-5-3-7-16(24)9-14)28-17(12-33-23(28)26-13)10-18(29)27-8-4-6-15(11-27)21(25)30/h3,5,7,9,12,15,20H,4,6,8,10-11H2,1-2H3,(H2,25,30). The molecule has 2 amide bonds. The molecular formula is C23H25ClN4O4S. The number of methoxy groups -OCH3 is 1. The van der Waals surface area contributed by atoms with E-state index in [1.165, 1.54) is 18.9 Å². The van der Waals surface area contributed by atoms with Gasteiger partial charge in [-0.2, -0.15) is 0 Å². The lowest BCUT2D eigenvalue weighted by Gasteiger charge is -2.37. The number of primary amides is 1. The maximum absolute atomic E-state index is 13.2. The number of esters is 1. The summed E-state index contributed by atoms with van der Waals surface area (Å²) in [6, 6.07) is 6.75. The molecule has 0 spiro atoms. The zero-order valence-corrected chi connectivity index (χ0v) is 20.0. The first kappa shape index (κ1) is 23.4. The fraction of sp³-hybridized carbons (Fsp3) is 0.391. The molecule has 10 heteroatoms. The minimum absolute atomic E-state index is 0.0928. The average Bonchev–Trinajstić information content (AvgIpc) is 3.19. The van der Waals surface area contributed by atoms with Crippen LogP contribution >= 0.6 is 23.4 Å². The van der Waals surface area contributed by atoms with Crippen molar-refractivity contribution in [3.63, 3.8) is 0 Å². The number of ether oxygens (including phenoxy) is 1. The van der Waals surface area contributed by atoms with Crippen molar-refractivity contribution >= 4 is 46.3 Å². The van der Waals surface area contributed by atoms with Gasteiger partial charge in [-0.25, -0.2) is 9.79 Å². The van der Waals surface area contributed by atoms with Crippen molar-refractivity contribution in [2.24, 2.45) is 16.6 Å². The molecule has 33 heavy (non-hydrogen) atoms. The second kappa shape index (κ2) is 9.61. The monoisotopic (exact) mass is 488 g/mol. The van der Waals surface area contributed by atoms with Crippen LogP contribution in [-0.4, -0.2) is 53.0 Å². The number of carbonyl (C=O) groups excluding carboxylic acids is 3. The number of amidine groups is 1. The molecule has 3 aliphatic rings. The molecule has 174 valence electrons. The minimum atomic E-state index is -0.530. The number of nitrogens with zero attached hydrogens (tertiary/aromatic N) is 3. The average molecular weight is 489 g/mol. The van der Waals surface area contributed by atoms with E-state index in [0.717, 1.165) is 17.7 Å². The van der Waals surface area contributed by atoms with Crippen molar-refractivity contribution in [2.75, 3.05) is 20.2 Å². The summed E-state index contributed by atoms with van der Waals surface area (Å²) in [7, 11) is 1.33. The lowest BCUT2D eigenvalue weighted by molar-refractivity contribution is -0.137. The molecule has 0 aromatic heterocycles. The molecule has 8 nitrogen and oxygen atoms in total. The van der Waals surface area contributed by atoms with Crippen molar-refractivity contribution in [3.8, 4) is 0 Å². The van der Waals surface area contributed by atoms with Crippen molar-refractivity contribution < 1.29 is 19.1 Å². The number of halogens is 1. The lowest BCUT2D eigenvalue weighted by Crippen LogP contribution is -2.45. The molecule has 2 N–H and O–H groups in total. The highest BCUT2D eigenvalue weighted by Crippen LogP contribution is 2.45. The number of allylic oxidation sites excluding steroid dienone is 1. The number of carbonyl (C=O) groups is 3. The zero-order chi connectivity index (χ0) is 23.7. The third-order valence-corrected chi connectivity index (χ3v) is 7.20. The Balaban J connectivity index is 1.65. The van der Waals surface area contributed by atoms with Gasteiger partial charge in [-0.1, -0.05) is 35.5 Å². The molecule has 2 unspecified atom stereocenters. The lowest BCUT2D eigenvalue weighted by atomic mass is 9.93. The van der Waals surface area contributed by atoms with Gasteiger partial charge in [-0.15, -0.1) is 0 Å². The summed E-state index contributed by atoms with van der Waals surface area (Å²) < 4.78 is 5.07. The van der Waals surface area contributed by atoms with Crippen LogP contribution in [0.1, 0.15) is 37.8 Å². The van der Waals surface area contributed by atoms with Crippen LogP contribution in [0.5, 0.6) is 0 Å². The Bertz CT molecular complexity index is 1100.